The third-order valence-electron chi connectivity index (χ3n) is 10.3. The predicted molar refractivity (Wildman–Crippen MR) is 201 cm³/mol. The third kappa shape index (κ3) is 14.7. The normalized spacial score (nSPS) is 14.8. The first-order valence-corrected chi connectivity index (χ1v) is 25.0. The van der Waals surface area contributed by atoms with Crippen LogP contribution in [0.3, 0.4) is 0 Å². The van der Waals surface area contributed by atoms with Gasteiger partial charge in [0.25, 0.3) is 0 Å². The standard InChI is InChI=1S/C37H79NO4P2/c1-9-17-27-43(28-18-10-2,29-19-11-3,30-20-12-4)41-36(39)26-25-35(38)37(40)42-44(31-21-13-5,32-22-14-6,33-23-15-7)34-24-16-8/h35H,9-34,38H2,1-8H3/t35-/m1/s1. The average Bonchev–Trinajstić information content (AvgIpc) is 3.03. The van der Waals surface area contributed by atoms with Crippen molar-refractivity contribution in [2.24, 2.45) is 5.73 Å². The van der Waals surface area contributed by atoms with Gasteiger partial charge >= 0.3 is 276 Å². The number of unbranched alkanes of at least 4 members (excludes halogenated alkanes) is 8. The van der Waals surface area contributed by atoms with Gasteiger partial charge in [0.15, 0.2) is 0 Å². The van der Waals surface area contributed by atoms with Gasteiger partial charge in [0.2, 0.25) is 0 Å². The van der Waals surface area contributed by atoms with Crippen LogP contribution in [0.5, 0.6) is 0 Å². The molecule has 44 heavy (non-hydrogen) atoms. The van der Waals surface area contributed by atoms with E-state index in [1.54, 1.807) is 0 Å². The molecule has 0 unspecified atom stereocenters. The quantitative estimate of drug-likeness (QED) is 0.0774. The van der Waals surface area contributed by atoms with Crippen LogP contribution in [-0.2, 0) is 18.6 Å². The maximum absolute atomic E-state index is 13.9. The Balaban J connectivity index is 6.14. The minimum atomic E-state index is -2.77. The van der Waals surface area contributed by atoms with Crippen molar-refractivity contribution >= 4 is 25.6 Å². The molecule has 0 amide bonds. The SMILES string of the molecule is CCCCP(CCCC)(CCCC)(CCCC)OC(=O)CC[C@@H](N)C(=O)OP(CCCC)(CCCC)(CCCC)CCCC. The van der Waals surface area contributed by atoms with Crippen LogP contribution in [0.25, 0.3) is 0 Å². The topological polar surface area (TPSA) is 78.6 Å². The monoisotopic (exact) mass is 664 g/mol. The second kappa shape index (κ2) is 23.1. The number of carbonyl (C=O) groups excluding carboxylic acids is 2. The Hall–Kier alpha value is -0.240. The van der Waals surface area contributed by atoms with Crippen LogP contribution in [0.4, 0.5) is 0 Å². The van der Waals surface area contributed by atoms with Gasteiger partial charge in [-0.2, -0.15) is 0 Å². The molecule has 0 bridgehead atoms. The van der Waals surface area contributed by atoms with E-state index in [2.05, 4.69) is 55.4 Å². The van der Waals surface area contributed by atoms with Crippen molar-refractivity contribution in [3.63, 3.8) is 0 Å². The van der Waals surface area contributed by atoms with E-state index in [0.717, 1.165) is 152 Å². The third-order valence-corrected chi connectivity index (χ3v) is 23.3. The van der Waals surface area contributed by atoms with E-state index in [4.69, 9.17) is 14.8 Å². The van der Waals surface area contributed by atoms with Crippen LogP contribution in [0.2, 0.25) is 0 Å². The van der Waals surface area contributed by atoms with Gasteiger partial charge < -0.3 is 0 Å². The molecule has 266 valence electrons. The summed E-state index contributed by atoms with van der Waals surface area (Å²) >= 11 is 0. The summed E-state index contributed by atoms with van der Waals surface area (Å²) in [4.78, 5) is 27.7. The summed E-state index contributed by atoms with van der Waals surface area (Å²) in [5.41, 5.74) is 6.61. The molecule has 1 atom stereocenters. The average molecular weight is 664 g/mol. The van der Waals surface area contributed by atoms with Crippen molar-refractivity contribution in [3.05, 3.63) is 0 Å². The van der Waals surface area contributed by atoms with Crippen molar-refractivity contribution in [2.75, 3.05) is 49.3 Å². The van der Waals surface area contributed by atoms with Gasteiger partial charge in [-0.3, -0.25) is 0 Å². The zero-order chi connectivity index (χ0) is 33.4. The molecule has 0 aromatic heterocycles. The Kier molecular flexibility index (Phi) is 23.0. The second-order valence-corrected chi connectivity index (χ2v) is 25.7. The van der Waals surface area contributed by atoms with E-state index in [1.807, 2.05) is 0 Å². The van der Waals surface area contributed by atoms with Crippen molar-refractivity contribution in [3.8, 4) is 0 Å². The number of hydrogen-bond donors (Lipinski definition) is 1. The molecule has 0 aliphatic heterocycles. The van der Waals surface area contributed by atoms with E-state index in [0.29, 0.717) is 6.42 Å². The first-order valence-electron chi connectivity index (χ1n) is 19.3. The van der Waals surface area contributed by atoms with E-state index >= 15 is 0 Å². The zero-order valence-corrected chi connectivity index (χ0v) is 32.9. The summed E-state index contributed by atoms with van der Waals surface area (Å²) < 4.78 is 13.8. The van der Waals surface area contributed by atoms with Crippen LogP contribution >= 0.6 is 13.7 Å². The van der Waals surface area contributed by atoms with Crippen molar-refractivity contribution in [2.45, 2.75) is 177 Å². The first-order chi connectivity index (χ1) is 21.0. The fraction of sp³-hybridized carbons (Fsp3) is 0.946. The van der Waals surface area contributed by atoms with Crippen LogP contribution in [0, 0.1) is 0 Å². The van der Waals surface area contributed by atoms with Gasteiger partial charge in [0, 0.05) is 0 Å². The molecule has 0 saturated heterocycles. The molecule has 0 spiro atoms. The minimum absolute atomic E-state index is 0.128. The van der Waals surface area contributed by atoms with Gasteiger partial charge in [-0.25, -0.2) is 0 Å². The molecule has 0 rings (SSSR count). The summed E-state index contributed by atoms with van der Waals surface area (Å²) in [6.45, 7) is 12.5. The second-order valence-electron chi connectivity index (χ2n) is 14.4. The van der Waals surface area contributed by atoms with Gasteiger partial charge in [0.05, 0.1) is 0 Å². The Morgan fingerprint density at radius 3 is 0.977 bits per heavy atom. The fourth-order valence-corrected chi connectivity index (χ4v) is 20.9. The van der Waals surface area contributed by atoms with Crippen molar-refractivity contribution in [1.29, 1.82) is 0 Å². The molecule has 5 nitrogen and oxygen atoms in total. The first kappa shape index (κ1) is 43.8. The molecule has 0 radical (unpaired) electrons. The summed E-state index contributed by atoms with van der Waals surface area (Å²) in [7, 11) is 0. The Bertz CT molecular complexity index is 688. The molecule has 7 heteroatoms. The van der Waals surface area contributed by atoms with E-state index in [1.165, 1.54) is 0 Å². The predicted octanol–water partition coefficient (Wildman–Crippen LogP) is 11.5. The van der Waals surface area contributed by atoms with Crippen LogP contribution < -0.4 is 5.73 Å². The summed E-state index contributed by atoms with van der Waals surface area (Å²) in [5, 5.41) is 0. The van der Waals surface area contributed by atoms with E-state index in [-0.39, 0.29) is 18.4 Å². The van der Waals surface area contributed by atoms with Crippen molar-refractivity contribution < 1.29 is 18.6 Å². The number of rotatable bonds is 30. The summed E-state index contributed by atoms with van der Waals surface area (Å²) in [5.74, 6) is -0.391. The number of carbonyl (C=O) groups is 2. The Morgan fingerprint density at radius 1 is 0.477 bits per heavy atom. The van der Waals surface area contributed by atoms with Crippen molar-refractivity contribution in [1.82, 2.24) is 0 Å². The van der Waals surface area contributed by atoms with Gasteiger partial charge in [-0.05, 0) is 0 Å². The molecule has 0 heterocycles. The summed E-state index contributed by atoms with van der Waals surface area (Å²) in [6, 6.07) is -0.779. The molecule has 2 N–H and O–H groups in total. The number of nitrogens with two attached hydrogens (primary N) is 1. The van der Waals surface area contributed by atoms with E-state index in [9.17, 15) is 9.59 Å². The molecule has 0 fully saturated rings. The molecular weight excluding hydrogens is 584 g/mol. The molecule has 0 aromatic rings. The molecule has 0 aliphatic rings. The van der Waals surface area contributed by atoms with Crippen LogP contribution in [-0.4, -0.2) is 67.3 Å². The molecule has 0 aliphatic carbocycles. The Labute approximate surface area is 275 Å². The number of hydrogen-bond acceptors (Lipinski definition) is 5. The maximum atomic E-state index is 13.9. The summed E-state index contributed by atoms with van der Waals surface area (Å²) in [6.07, 6.45) is 26.6. The Morgan fingerprint density at radius 2 is 0.727 bits per heavy atom. The molecule has 0 saturated carbocycles. The molecule has 0 aromatic carbocycles. The molecular formula is C37H79NO4P2. The van der Waals surface area contributed by atoms with E-state index < -0.39 is 19.7 Å². The van der Waals surface area contributed by atoms with Crippen LogP contribution in [0.1, 0.15) is 171 Å². The zero-order valence-electron chi connectivity index (χ0n) is 31.1. The van der Waals surface area contributed by atoms with Gasteiger partial charge in [-0.1, -0.05) is 0 Å². The van der Waals surface area contributed by atoms with Gasteiger partial charge in [0.1, 0.15) is 0 Å². The van der Waals surface area contributed by atoms with Gasteiger partial charge in [-0.15, -0.1) is 0 Å². The van der Waals surface area contributed by atoms with Crippen LogP contribution in [0.15, 0.2) is 0 Å². The fourth-order valence-electron chi connectivity index (χ4n) is 7.22.